The molecule has 0 bridgehead atoms. The van der Waals surface area contributed by atoms with Crippen molar-refractivity contribution in [3.63, 3.8) is 0 Å². The first-order valence-electron chi connectivity index (χ1n) is 7.11. The maximum atomic E-state index is 11.1. The summed E-state index contributed by atoms with van der Waals surface area (Å²) in [6.45, 7) is 2.01. The summed E-state index contributed by atoms with van der Waals surface area (Å²) in [5, 5.41) is 23.5. The van der Waals surface area contributed by atoms with Crippen molar-refractivity contribution in [2.45, 2.75) is 32.6 Å². The average molecular weight is 286 g/mol. The monoisotopic (exact) mass is 286 g/mol. The van der Waals surface area contributed by atoms with Crippen LogP contribution in [0.5, 0.6) is 5.75 Å². The summed E-state index contributed by atoms with van der Waals surface area (Å²) < 4.78 is 1.53. The highest BCUT2D eigenvalue weighted by molar-refractivity contribution is 5.88. The topological polar surface area (TPSA) is 75.3 Å². The standard InChI is InChI=1S/C16H18N2O3/c1-9-7-14(19)15(11-6-4-3-5-10(9)11)13-8-12(16(20)21)17-18(13)2/h7-8,19H,3-6H2,1-2H3,(H,20,21). The lowest BCUT2D eigenvalue weighted by atomic mass is 9.84. The molecule has 0 amide bonds. The first-order valence-corrected chi connectivity index (χ1v) is 7.11. The molecule has 0 atom stereocenters. The highest BCUT2D eigenvalue weighted by atomic mass is 16.4. The molecular weight excluding hydrogens is 268 g/mol. The third-order valence-electron chi connectivity index (χ3n) is 4.21. The Labute approximate surface area is 122 Å². The van der Waals surface area contributed by atoms with Crippen LogP contribution in [0.4, 0.5) is 0 Å². The van der Waals surface area contributed by atoms with Crippen LogP contribution in [0.1, 0.15) is 40.0 Å². The quantitative estimate of drug-likeness (QED) is 0.890. The molecule has 0 aliphatic heterocycles. The highest BCUT2D eigenvalue weighted by Gasteiger charge is 2.23. The van der Waals surface area contributed by atoms with Crippen molar-refractivity contribution in [3.05, 3.63) is 34.5 Å². The van der Waals surface area contributed by atoms with Gasteiger partial charge in [-0.15, -0.1) is 0 Å². The SMILES string of the molecule is Cc1cc(O)c(-c2cc(C(=O)O)nn2C)c2c1CCCC2. The lowest BCUT2D eigenvalue weighted by Gasteiger charge is -2.22. The number of carbonyl (C=O) groups is 1. The maximum Gasteiger partial charge on any atom is 0.356 e. The van der Waals surface area contributed by atoms with Gasteiger partial charge in [-0.3, -0.25) is 4.68 Å². The van der Waals surface area contributed by atoms with E-state index in [0.717, 1.165) is 42.4 Å². The summed E-state index contributed by atoms with van der Waals surface area (Å²) in [5.74, 6) is -0.856. The number of aryl methyl sites for hydroxylation is 2. The van der Waals surface area contributed by atoms with Gasteiger partial charge in [-0.2, -0.15) is 5.10 Å². The molecule has 2 aromatic rings. The Morgan fingerprint density at radius 2 is 1.90 bits per heavy atom. The third kappa shape index (κ3) is 2.18. The molecule has 1 aromatic heterocycles. The molecule has 0 fully saturated rings. The number of benzene rings is 1. The van der Waals surface area contributed by atoms with E-state index >= 15 is 0 Å². The van der Waals surface area contributed by atoms with Crippen LogP contribution in [-0.4, -0.2) is 26.0 Å². The summed E-state index contributed by atoms with van der Waals surface area (Å²) in [6, 6.07) is 3.30. The van der Waals surface area contributed by atoms with E-state index in [4.69, 9.17) is 5.11 Å². The maximum absolute atomic E-state index is 11.1. The van der Waals surface area contributed by atoms with Crippen molar-refractivity contribution < 1.29 is 15.0 Å². The van der Waals surface area contributed by atoms with E-state index in [-0.39, 0.29) is 11.4 Å². The Morgan fingerprint density at radius 3 is 2.52 bits per heavy atom. The molecule has 1 heterocycles. The molecule has 21 heavy (non-hydrogen) atoms. The molecule has 0 saturated carbocycles. The normalized spacial score (nSPS) is 14.0. The van der Waals surface area contributed by atoms with Gasteiger partial charge in [-0.25, -0.2) is 4.79 Å². The number of rotatable bonds is 2. The van der Waals surface area contributed by atoms with Gasteiger partial charge >= 0.3 is 5.97 Å². The van der Waals surface area contributed by atoms with E-state index < -0.39 is 5.97 Å². The largest absolute Gasteiger partial charge is 0.507 e. The van der Waals surface area contributed by atoms with E-state index in [1.807, 2.05) is 6.92 Å². The Morgan fingerprint density at radius 1 is 1.24 bits per heavy atom. The second kappa shape index (κ2) is 4.91. The van der Waals surface area contributed by atoms with E-state index in [1.54, 1.807) is 13.1 Å². The molecular formula is C16H18N2O3. The Hall–Kier alpha value is -2.30. The van der Waals surface area contributed by atoms with Crippen molar-refractivity contribution in [1.82, 2.24) is 9.78 Å². The van der Waals surface area contributed by atoms with Crippen molar-refractivity contribution in [2.75, 3.05) is 0 Å². The zero-order valence-corrected chi connectivity index (χ0v) is 12.2. The van der Waals surface area contributed by atoms with Crippen LogP contribution in [0.15, 0.2) is 12.1 Å². The Kier molecular flexibility index (Phi) is 3.20. The first kappa shape index (κ1) is 13.7. The molecule has 1 aromatic carbocycles. The van der Waals surface area contributed by atoms with Crippen molar-refractivity contribution >= 4 is 5.97 Å². The van der Waals surface area contributed by atoms with Crippen LogP contribution < -0.4 is 0 Å². The van der Waals surface area contributed by atoms with Crippen molar-refractivity contribution in [2.24, 2.45) is 7.05 Å². The number of aromatic hydroxyl groups is 1. The molecule has 1 aliphatic carbocycles. The average Bonchev–Trinajstić information content (AvgIpc) is 2.81. The van der Waals surface area contributed by atoms with E-state index in [0.29, 0.717) is 5.69 Å². The molecule has 2 N–H and O–H groups in total. The summed E-state index contributed by atoms with van der Waals surface area (Å²) in [7, 11) is 1.70. The Bertz CT molecular complexity index is 732. The predicted octanol–water partition coefficient (Wildman–Crippen LogP) is 2.68. The van der Waals surface area contributed by atoms with Crippen LogP contribution in [-0.2, 0) is 19.9 Å². The lowest BCUT2D eigenvalue weighted by Crippen LogP contribution is -2.08. The fourth-order valence-electron chi connectivity index (χ4n) is 3.23. The van der Waals surface area contributed by atoms with Crippen LogP contribution in [0.25, 0.3) is 11.3 Å². The number of hydrogen-bond donors (Lipinski definition) is 2. The fraction of sp³-hybridized carbons (Fsp3) is 0.375. The van der Waals surface area contributed by atoms with Gasteiger partial charge in [0.05, 0.1) is 5.69 Å². The number of carboxylic acids is 1. The summed E-state index contributed by atoms with van der Waals surface area (Å²) in [5.41, 5.74) is 4.91. The van der Waals surface area contributed by atoms with Gasteiger partial charge < -0.3 is 10.2 Å². The molecule has 0 spiro atoms. The van der Waals surface area contributed by atoms with Gasteiger partial charge in [0.15, 0.2) is 5.69 Å². The summed E-state index contributed by atoms with van der Waals surface area (Å²) in [6.07, 6.45) is 4.17. The number of carboxylic acid groups (broad SMARTS) is 1. The van der Waals surface area contributed by atoms with E-state index in [1.165, 1.54) is 16.3 Å². The van der Waals surface area contributed by atoms with Crippen LogP contribution in [0.3, 0.4) is 0 Å². The number of phenolic OH excluding ortho intramolecular Hbond substituents is 1. The number of phenols is 1. The lowest BCUT2D eigenvalue weighted by molar-refractivity contribution is 0.0689. The molecule has 110 valence electrons. The molecule has 5 nitrogen and oxygen atoms in total. The van der Waals surface area contributed by atoms with Crippen LogP contribution in [0, 0.1) is 6.92 Å². The first-order chi connectivity index (χ1) is 9.99. The number of hydrogen-bond acceptors (Lipinski definition) is 3. The van der Waals surface area contributed by atoms with Gasteiger partial charge in [0, 0.05) is 12.6 Å². The van der Waals surface area contributed by atoms with Gasteiger partial charge in [-0.1, -0.05) is 0 Å². The summed E-state index contributed by atoms with van der Waals surface area (Å²) in [4.78, 5) is 11.1. The number of aromatic nitrogens is 2. The molecule has 0 unspecified atom stereocenters. The van der Waals surface area contributed by atoms with Crippen LogP contribution >= 0.6 is 0 Å². The third-order valence-corrected chi connectivity index (χ3v) is 4.21. The Balaban J connectivity index is 2.25. The minimum Gasteiger partial charge on any atom is -0.507 e. The number of fused-ring (bicyclic) bond motifs is 1. The molecule has 0 radical (unpaired) electrons. The van der Waals surface area contributed by atoms with Gasteiger partial charge in [0.2, 0.25) is 0 Å². The molecule has 5 heteroatoms. The molecule has 0 saturated heterocycles. The molecule has 1 aliphatic rings. The molecule has 3 rings (SSSR count). The van der Waals surface area contributed by atoms with Crippen molar-refractivity contribution in [3.8, 4) is 17.0 Å². The van der Waals surface area contributed by atoms with Gasteiger partial charge in [-0.05, 0) is 61.4 Å². The highest BCUT2D eigenvalue weighted by Crippen LogP contribution is 2.39. The van der Waals surface area contributed by atoms with Gasteiger partial charge in [0.25, 0.3) is 0 Å². The van der Waals surface area contributed by atoms with Gasteiger partial charge in [0.1, 0.15) is 5.75 Å². The van der Waals surface area contributed by atoms with Crippen LogP contribution in [0.2, 0.25) is 0 Å². The zero-order chi connectivity index (χ0) is 15.1. The minimum atomic E-state index is -1.06. The number of aromatic carboxylic acids is 1. The van der Waals surface area contributed by atoms with E-state index in [2.05, 4.69) is 5.10 Å². The smallest absolute Gasteiger partial charge is 0.356 e. The predicted molar refractivity (Wildman–Crippen MR) is 78.6 cm³/mol. The fourth-order valence-corrected chi connectivity index (χ4v) is 3.23. The second-order valence-corrected chi connectivity index (χ2v) is 5.60. The number of nitrogens with zero attached hydrogens (tertiary/aromatic N) is 2. The van der Waals surface area contributed by atoms with E-state index in [9.17, 15) is 9.90 Å². The zero-order valence-electron chi connectivity index (χ0n) is 12.2. The minimum absolute atomic E-state index is 0.00275. The second-order valence-electron chi connectivity index (χ2n) is 5.60. The van der Waals surface area contributed by atoms with Crippen molar-refractivity contribution in [1.29, 1.82) is 0 Å². The summed E-state index contributed by atoms with van der Waals surface area (Å²) >= 11 is 0.